The molecule has 0 bridgehead atoms. The van der Waals surface area contributed by atoms with Crippen molar-refractivity contribution in [3.8, 4) is 11.5 Å². The Kier molecular flexibility index (Phi) is 5.06. The highest BCUT2D eigenvalue weighted by Gasteiger charge is 2.29. The molecule has 26 heavy (non-hydrogen) atoms. The number of hydrogen-bond acceptors (Lipinski definition) is 5. The lowest BCUT2D eigenvalue weighted by Gasteiger charge is -2.16. The van der Waals surface area contributed by atoms with E-state index in [0.29, 0.717) is 6.61 Å². The molecule has 136 valence electrons. The molecule has 0 unspecified atom stereocenters. The first-order chi connectivity index (χ1) is 12.5. The van der Waals surface area contributed by atoms with Crippen LogP contribution in [0.1, 0.15) is 40.9 Å². The van der Waals surface area contributed by atoms with Crippen molar-refractivity contribution in [2.75, 3.05) is 13.7 Å². The monoisotopic (exact) mass is 356 g/mol. The van der Waals surface area contributed by atoms with Gasteiger partial charge in [0.15, 0.2) is 11.5 Å². The van der Waals surface area contributed by atoms with E-state index in [2.05, 4.69) is 5.32 Å². The zero-order valence-corrected chi connectivity index (χ0v) is 14.7. The van der Waals surface area contributed by atoms with Gasteiger partial charge in [-0.2, -0.15) is 0 Å². The molecule has 0 aromatic heterocycles. The summed E-state index contributed by atoms with van der Waals surface area (Å²) in [7, 11) is 1.43. The molecule has 0 aliphatic heterocycles. The van der Waals surface area contributed by atoms with Crippen molar-refractivity contribution < 1.29 is 19.2 Å². The summed E-state index contributed by atoms with van der Waals surface area (Å²) >= 11 is 0. The predicted molar refractivity (Wildman–Crippen MR) is 95.8 cm³/mol. The zero-order valence-electron chi connectivity index (χ0n) is 14.7. The van der Waals surface area contributed by atoms with E-state index >= 15 is 0 Å². The maximum atomic E-state index is 12.8. The standard InChI is InChI=1S/C19H20N2O5/c1-3-26-18-11-16(21(23)24)14(10-17(18)25-2)19(22)20-15-9-8-12-6-4-5-7-13(12)15/h4-7,10-11,15H,3,8-9H2,1-2H3,(H,20,22)/t15-/m1/s1. The Labute approximate surface area is 151 Å². The van der Waals surface area contributed by atoms with Crippen molar-refractivity contribution in [2.24, 2.45) is 0 Å². The van der Waals surface area contributed by atoms with E-state index in [0.717, 1.165) is 18.4 Å². The lowest BCUT2D eigenvalue weighted by molar-refractivity contribution is -0.385. The van der Waals surface area contributed by atoms with Gasteiger partial charge in [0, 0.05) is 6.07 Å². The average Bonchev–Trinajstić information content (AvgIpc) is 3.04. The zero-order chi connectivity index (χ0) is 18.7. The molecule has 2 aromatic rings. The van der Waals surface area contributed by atoms with Crippen LogP contribution < -0.4 is 14.8 Å². The molecule has 0 heterocycles. The molecule has 7 nitrogen and oxygen atoms in total. The Morgan fingerprint density at radius 3 is 2.77 bits per heavy atom. The number of aryl methyl sites for hydroxylation is 1. The van der Waals surface area contributed by atoms with E-state index in [1.165, 1.54) is 24.8 Å². The summed E-state index contributed by atoms with van der Waals surface area (Å²) in [4.78, 5) is 23.6. The van der Waals surface area contributed by atoms with Crippen LogP contribution in [0.25, 0.3) is 0 Å². The smallest absolute Gasteiger partial charge is 0.286 e. The number of fused-ring (bicyclic) bond motifs is 1. The summed E-state index contributed by atoms with van der Waals surface area (Å²) < 4.78 is 10.6. The number of carbonyl (C=O) groups excluding carboxylic acids is 1. The van der Waals surface area contributed by atoms with E-state index < -0.39 is 10.8 Å². The van der Waals surface area contributed by atoms with Crippen LogP contribution in [0, 0.1) is 10.1 Å². The van der Waals surface area contributed by atoms with E-state index in [4.69, 9.17) is 9.47 Å². The Hall–Kier alpha value is -3.09. The van der Waals surface area contributed by atoms with Gasteiger partial charge in [0.2, 0.25) is 0 Å². The van der Waals surface area contributed by atoms with Gasteiger partial charge in [-0.05, 0) is 30.9 Å². The first-order valence-electron chi connectivity index (χ1n) is 8.43. The minimum atomic E-state index is -0.584. The number of hydrogen-bond donors (Lipinski definition) is 1. The third-order valence-electron chi connectivity index (χ3n) is 4.46. The maximum Gasteiger partial charge on any atom is 0.286 e. The summed E-state index contributed by atoms with van der Waals surface area (Å²) in [5.41, 5.74) is 1.90. The first-order valence-corrected chi connectivity index (χ1v) is 8.43. The number of nitrogens with zero attached hydrogens (tertiary/aromatic N) is 1. The first kappa shape index (κ1) is 17.7. The van der Waals surface area contributed by atoms with E-state index in [1.54, 1.807) is 6.92 Å². The number of nitro groups is 1. The number of nitro benzene ring substituents is 1. The molecule has 0 saturated heterocycles. The van der Waals surface area contributed by atoms with Crippen molar-refractivity contribution >= 4 is 11.6 Å². The van der Waals surface area contributed by atoms with Gasteiger partial charge in [0.05, 0.1) is 30.7 Å². The number of amides is 1. The molecule has 1 N–H and O–H groups in total. The lowest BCUT2D eigenvalue weighted by atomic mass is 10.1. The van der Waals surface area contributed by atoms with Gasteiger partial charge in [0.1, 0.15) is 5.56 Å². The fourth-order valence-corrected chi connectivity index (χ4v) is 3.25. The third-order valence-corrected chi connectivity index (χ3v) is 4.46. The molecule has 1 atom stereocenters. The van der Waals surface area contributed by atoms with Crippen LogP contribution in [0.15, 0.2) is 36.4 Å². The molecule has 0 fully saturated rings. The highest BCUT2D eigenvalue weighted by molar-refractivity contribution is 5.99. The van der Waals surface area contributed by atoms with E-state index in [-0.39, 0.29) is 28.8 Å². The van der Waals surface area contributed by atoms with E-state index in [9.17, 15) is 14.9 Å². The summed E-state index contributed by atoms with van der Waals surface area (Å²) in [5.74, 6) is 0.0265. The van der Waals surface area contributed by atoms with Crippen LogP contribution in [0.3, 0.4) is 0 Å². The Balaban J connectivity index is 1.92. The fourth-order valence-electron chi connectivity index (χ4n) is 3.25. The van der Waals surface area contributed by atoms with Gasteiger partial charge < -0.3 is 14.8 Å². The van der Waals surface area contributed by atoms with E-state index in [1.807, 2.05) is 24.3 Å². The average molecular weight is 356 g/mol. The van der Waals surface area contributed by atoms with Gasteiger partial charge in [-0.15, -0.1) is 0 Å². The second kappa shape index (κ2) is 7.43. The van der Waals surface area contributed by atoms with Crippen molar-refractivity contribution in [3.63, 3.8) is 0 Å². The molecule has 0 saturated carbocycles. The Bertz CT molecular complexity index is 850. The van der Waals surface area contributed by atoms with Crippen molar-refractivity contribution in [1.82, 2.24) is 5.32 Å². The molecule has 1 aliphatic rings. The van der Waals surface area contributed by atoms with Crippen molar-refractivity contribution in [3.05, 3.63) is 63.2 Å². The predicted octanol–water partition coefficient (Wildman–Crippen LogP) is 3.42. The van der Waals surface area contributed by atoms with Gasteiger partial charge >= 0.3 is 0 Å². The normalized spacial score (nSPS) is 15.2. The molecule has 7 heteroatoms. The van der Waals surface area contributed by atoms with Crippen molar-refractivity contribution in [2.45, 2.75) is 25.8 Å². The second-order valence-electron chi connectivity index (χ2n) is 5.97. The molecule has 3 rings (SSSR count). The number of rotatable bonds is 6. The molecular formula is C19H20N2O5. The number of carbonyl (C=O) groups is 1. The lowest BCUT2D eigenvalue weighted by Crippen LogP contribution is -2.27. The maximum absolute atomic E-state index is 12.8. The Morgan fingerprint density at radius 1 is 1.31 bits per heavy atom. The fraction of sp³-hybridized carbons (Fsp3) is 0.316. The quantitative estimate of drug-likeness (QED) is 0.632. The van der Waals surface area contributed by atoms with Crippen LogP contribution in [0.2, 0.25) is 0 Å². The topological polar surface area (TPSA) is 90.7 Å². The van der Waals surface area contributed by atoms with Gasteiger partial charge in [0.25, 0.3) is 11.6 Å². The summed E-state index contributed by atoms with van der Waals surface area (Å²) in [6, 6.07) is 10.3. The highest BCUT2D eigenvalue weighted by atomic mass is 16.6. The SMILES string of the molecule is CCOc1cc([N+](=O)[O-])c(C(=O)N[C@@H]2CCc3ccccc32)cc1OC. The third kappa shape index (κ3) is 3.33. The molecule has 0 spiro atoms. The largest absolute Gasteiger partial charge is 0.493 e. The summed E-state index contributed by atoms with van der Waals surface area (Å²) in [5, 5.41) is 14.4. The molecule has 1 aliphatic carbocycles. The molecule has 2 aromatic carbocycles. The number of ether oxygens (including phenoxy) is 2. The van der Waals surface area contributed by atoms with Gasteiger partial charge in [-0.25, -0.2) is 0 Å². The van der Waals surface area contributed by atoms with Crippen LogP contribution >= 0.6 is 0 Å². The Morgan fingerprint density at radius 2 is 2.08 bits per heavy atom. The van der Waals surface area contributed by atoms with Crippen LogP contribution in [-0.4, -0.2) is 24.5 Å². The summed E-state index contributed by atoms with van der Waals surface area (Å²) in [6.45, 7) is 2.10. The number of methoxy groups -OCH3 is 1. The van der Waals surface area contributed by atoms with Gasteiger partial charge in [-0.1, -0.05) is 24.3 Å². The minimum Gasteiger partial charge on any atom is -0.493 e. The molecule has 1 amide bonds. The minimum absolute atomic E-state index is 0.0420. The second-order valence-corrected chi connectivity index (χ2v) is 5.97. The van der Waals surface area contributed by atoms with Crippen LogP contribution in [0.4, 0.5) is 5.69 Å². The van der Waals surface area contributed by atoms with Gasteiger partial charge in [-0.3, -0.25) is 14.9 Å². The molecular weight excluding hydrogens is 336 g/mol. The summed E-state index contributed by atoms with van der Waals surface area (Å²) in [6.07, 6.45) is 1.64. The number of benzene rings is 2. The number of nitrogens with one attached hydrogen (secondary N) is 1. The molecule has 0 radical (unpaired) electrons. The van der Waals surface area contributed by atoms with Crippen molar-refractivity contribution in [1.29, 1.82) is 0 Å². The highest BCUT2D eigenvalue weighted by Crippen LogP contribution is 2.36. The van der Waals surface area contributed by atoms with Crippen LogP contribution in [0.5, 0.6) is 11.5 Å². The van der Waals surface area contributed by atoms with Crippen LogP contribution in [-0.2, 0) is 6.42 Å².